The molecule has 0 spiro atoms. The van der Waals surface area contributed by atoms with E-state index < -0.39 is 0 Å². The summed E-state index contributed by atoms with van der Waals surface area (Å²) in [4.78, 5) is 10.8. The molecule has 0 radical (unpaired) electrons. The summed E-state index contributed by atoms with van der Waals surface area (Å²) in [6.07, 6.45) is 2.82. The van der Waals surface area contributed by atoms with Gasteiger partial charge in [0.25, 0.3) is 5.69 Å². The third-order valence-electron chi connectivity index (χ3n) is 4.44. The number of anilines is 1. The Morgan fingerprint density at radius 2 is 2.14 bits per heavy atom. The van der Waals surface area contributed by atoms with Crippen molar-refractivity contribution in [1.82, 2.24) is 0 Å². The molecule has 2 unspecified atom stereocenters. The van der Waals surface area contributed by atoms with E-state index in [0.29, 0.717) is 11.6 Å². The van der Waals surface area contributed by atoms with E-state index in [0.717, 1.165) is 37.1 Å². The number of nitrogens with zero attached hydrogens (tertiary/aromatic N) is 1. The minimum absolute atomic E-state index is 0.0968. The van der Waals surface area contributed by atoms with Gasteiger partial charge >= 0.3 is 0 Å². The van der Waals surface area contributed by atoms with E-state index in [1.54, 1.807) is 13.0 Å². The van der Waals surface area contributed by atoms with Crippen molar-refractivity contribution in [1.29, 1.82) is 0 Å². The Morgan fingerprint density at radius 3 is 2.76 bits per heavy atom. The van der Waals surface area contributed by atoms with Gasteiger partial charge in [0.05, 0.1) is 10.5 Å². The van der Waals surface area contributed by atoms with Crippen LogP contribution in [0.15, 0.2) is 12.1 Å². The van der Waals surface area contributed by atoms with Crippen LogP contribution in [0.4, 0.5) is 11.4 Å². The molecule has 1 fully saturated rings. The zero-order valence-corrected chi connectivity index (χ0v) is 13.2. The summed E-state index contributed by atoms with van der Waals surface area (Å²) < 4.78 is 5.85. The van der Waals surface area contributed by atoms with Crippen molar-refractivity contribution in [3.05, 3.63) is 33.4 Å². The average molecular weight is 292 g/mol. The Hall–Kier alpha value is -1.62. The molecule has 1 aliphatic heterocycles. The van der Waals surface area contributed by atoms with Crippen molar-refractivity contribution < 1.29 is 9.66 Å². The Balaban J connectivity index is 2.19. The smallest absolute Gasteiger partial charge is 0.274 e. The summed E-state index contributed by atoms with van der Waals surface area (Å²) in [5.74, 6) is 0. The summed E-state index contributed by atoms with van der Waals surface area (Å²) >= 11 is 0. The average Bonchev–Trinajstić information content (AvgIpc) is 2.41. The van der Waals surface area contributed by atoms with E-state index in [1.807, 2.05) is 13.0 Å². The lowest BCUT2D eigenvalue weighted by molar-refractivity contribution is -0.385. The Labute approximate surface area is 125 Å². The van der Waals surface area contributed by atoms with Crippen LogP contribution >= 0.6 is 0 Å². The van der Waals surface area contributed by atoms with E-state index in [1.165, 1.54) is 0 Å². The van der Waals surface area contributed by atoms with Gasteiger partial charge in [0, 0.05) is 30.0 Å². The lowest BCUT2D eigenvalue weighted by atomic mass is 9.89. The van der Waals surface area contributed by atoms with E-state index >= 15 is 0 Å². The first-order valence-electron chi connectivity index (χ1n) is 7.51. The first-order chi connectivity index (χ1) is 9.84. The van der Waals surface area contributed by atoms with Crippen LogP contribution in [0.3, 0.4) is 0 Å². The predicted octanol–water partition coefficient (Wildman–Crippen LogP) is 3.97. The van der Waals surface area contributed by atoms with Gasteiger partial charge in [-0.2, -0.15) is 0 Å². The molecular formula is C16H24N2O3. The second-order valence-corrected chi connectivity index (χ2v) is 6.20. The maximum absolute atomic E-state index is 11.1. The predicted molar refractivity (Wildman–Crippen MR) is 83.9 cm³/mol. The highest BCUT2D eigenvalue weighted by molar-refractivity contribution is 5.60. The van der Waals surface area contributed by atoms with Crippen LogP contribution in [0.5, 0.6) is 0 Å². The second-order valence-electron chi connectivity index (χ2n) is 6.20. The number of nitrogens with one attached hydrogen (secondary N) is 1. The molecule has 0 aromatic heterocycles. The lowest BCUT2D eigenvalue weighted by Gasteiger charge is -2.38. The van der Waals surface area contributed by atoms with Gasteiger partial charge in [-0.3, -0.25) is 10.1 Å². The second kappa shape index (κ2) is 6.02. The molecule has 5 heteroatoms. The van der Waals surface area contributed by atoms with Crippen LogP contribution in [0.25, 0.3) is 0 Å². The summed E-state index contributed by atoms with van der Waals surface area (Å²) in [6, 6.07) is 3.83. The Morgan fingerprint density at radius 1 is 1.43 bits per heavy atom. The first kappa shape index (κ1) is 15.8. The van der Waals surface area contributed by atoms with Crippen molar-refractivity contribution in [3.8, 4) is 0 Å². The summed E-state index contributed by atoms with van der Waals surface area (Å²) in [7, 11) is 0. The fourth-order valence-corrected chi connectivity index (χ4v) is 2.91. The van der Waals surface area contributed by atoms with Crippen LogP contribution in [0.2, 0.25) is 0 Å². The fourth-order valence-electron chi connectivity index (χ4n) is 2.91. The molecule has 21 heavy (non-hydrogen) atoms. The van der Waals surface area contributed by atoms with Crippen molar-refractivity contribution in [3.63, 3.8) is 0 Å². The number of ether oxygens (including phenoxy) is 1. The zero-order valence-electron chi connectivity index (χ0n) is 13.2. The standard InChI is InChI=1S/C16H24N2O3/c1-5-16(4)10-13(6-7-21-16)17-14-9-15(18(19)20)12(3)8-11(14)2/h8-9,13,17H,5-7,10H2,1-4H3. The van der Waals surface area contributed by atoms with Crippen LogP contribution in [-0.4, -0.2) is 23.2 Å². The molecule has 0 aliphatic carbocycles. The largest absolute Gasteiger partial charge is 0.382 e. The summed E-state index contributed by atoms with van der Waals surface area (Å²) in [5, 5.41) is 14.6. The first-order valence-corrected chi connectivity index (χ1v) is 7.51. The van der Waals surface area contributed by atoms with Gasteiger partial charge in [-0.15, -0.1) is 0 Å². The molecule has 0 saturated carbocycles. The zero-order chi connectivity index (χ0) is 15.6. The van der Waals surface area contributed by atoms with Crippen molar-refractivity contribution in [2.45, 2.75) is 58.6 Å². The minimum atomic E-state index is -0.319. The van der Waals surface area contributed by atoms with E-state index in [9.17, 15) is 10.1 Å². The highest BCUT2D eigenvalue weighted by atomic mass is 16.6. The maximum Gasteiger partial charge on any atom is 0.274 e. The number of rotatable bonds is 4. The quantitative estimate of drug-likeness (QED) is 0.673. The molecule has 5 nitrogen and oxygen atoms in total. The van der Waals surface area contributed by atoms with Gasteiger partial charge in [-0.25, -0.2) is 0 Å². The van der Waals surface area contributed by atoms with Crippen molar-refractivity contribution in [2.24, 2.45) is 0 Å². The lowest BCUT2D eigenvalue weighted by Crippen LogP contribution is -2.41. The monoisotopic (exact) mass is 292 g/mol. The number of benzene rings is 1. The number of hydrogen-bond acceptors (Lipinski definition) is 4. The number of nitro groups is 1. The molecule has 1 aliphatic rings. The molecule has 1 heterocycles. The molecule has 1 saturated heterocycles. The Bertz CT molecular complexity index is 545. The summed E-state index contributed by atoms with van der Waals surface area (Å²) in [5.41, 5.74) is 2.68. The van der Waals surface area contributed by atoms with Gasteiger partial charge in [0.15, 0.2) is 0 Å². The highest BCUT2D eigenvalue weighted by Gasteiger charge is 2.31. The van der Waals surface area contributed by atoms with Crippen LogP contribution < -0.4 is 5.32 Å². The van der Waals surface area contributed by atoms with E-state index in [2.05, 4.69) is 19.2 Å². The third-order valence-corrected chi connectivity index (χ3v) is 4.44. The van der Waals surface area contributed by atoms with Crippen LogP contribution in [-0.2, 0) is 4.74 Å². The minimum Gasteiger partial charge on any atom is -0.382 e. The highest BCUT2D eigenvalue weighted by Crippen LogP contribution is 2.32. The SMILES string of the molecule is CCC1(C)CC(Nc2cc([N+](=O)[O-])c(C)cc2C)CCO1. The Kier molecular flexibility index (Phi) is 4.52. The third kappa shape index (κ3) is 3.53. The van der Waals surface area contributed by atoms with Gasteiger partial charge in [-0.1, -0.05) is 6.92 Å². The van der Waals surface area contributed by atoms with Crippen molar-refractivity contribution in [2.75, 3.05) is 11.9 Å². The molecular weight excluding hydrogens is 268 g/mol. The van der Waals surface area contributed by atoms with Crippen LogP contribution in [0.1, 0.15) is 44.2 Å². The normalized spacial score (nSPS) is 25.6. The molecule has 0 bridgehead atoms. The number of nitro benzene ring substituents is 1. The maximum atomic E-state index is 11.1. The van der Waals surface area contributed by atoms with Crippen LogP contribution in [0, 0.1) is 24.0 Å². The topological polar surface area (TPSA) is 64.4 Å². The van der Waals surface area contributed by atoms with Gasteiger partial charge < -0.3 is 10.1 Å². The fraction of sp³-hybridized carbons (Fsp3) is 0.625. The molecule has 116 valence electrons. The van der Waals surface area contributed by atoms with Gasteiger partial charge in [0.1, 0.15) is 0 Å². The molecule has 2 atom stereocenters. The summed E-state index contributed by atoms with van der Waals surface area (Å²) in [6.45, 7) is 8.75. The van der Waals surface area contributed by atoms with E-state index in [4.69, 9.17) is 4.74 Å². The number of aryl methyl sites for hydroxylation is 2. The van der Waals surface area contributed by atoms with Gasteiger partial charge in [0.2, 0.25) is 0 Å². The molecule has 2 rings (SSSR count). The van der Waals surface area contributed by atoms with Gasteiger partial charge in [-0.05, 0) is 51.7 Å². The van der Waals surface area contributed by atoms with Crippen molar-refractivity contribution >= 4 is 11.4 Å². The molecule has 1 aromatic carbocycles. The molecule has 1 aromatic rings. The van der Waals surface area contributed by atoms with E-state index in [-0.39, 0.29) is 16.2 Å². The number of hydrogen-bond donors (Lipinski definition) is 1. The molecule has 0 amide bonds. The molecule has 1 N–H and O–H groups in total.